The lowest BCUT2D eigenvalue weighted by molar-refractivity contribution is -0.103. The van der Waals surface area contributed by atoms with E-state index < -0.39 is 5.60 Å². The van der Waals surface area contributed by atoms with Crippen molar-refractivity contribution in [3.05, 3.63) is 0 Å². The number of hydrogen-bond acceptors (Lipinski definition) is 2. The van der Waals surface area contributed by atoms with E-state index in [9.17, 15) is 5.11 Å². The van der Waals surface area contributed by atoms with Crippen molar-refractivity contribution in [2.24, 2.45) is 23.0 Å². The highest BCUT2D eigenvalue weighted by molar-refractivity contribution is 5.05. The minimum absolute atomic E-state index is 0.0289. The van der Waals surface area contributed by atoms with Crippen LogP contribution in [0.4, 0.5) is 0 Å². The van der Waals surface area contributed by atoms with Crippen LogP contribution in [-0.4, -0.2) is 17.3 Å². The van der Waals surface area contributed by atoms with Gasteiger partial charge in [0.25, 0.3) is 0 Å². The second-order valence-corrected chi connectivity index (χ2v) is 7.27. The van der Waals surface area contributed by atoms with Crippen LogP contribution in [0.3, 0.4) is 0 Å². The van der Waals surface area contributed by atoms with Crippen molar-refractivity contribution in [1.82, 2.24) is 0 Å². The van der Waals surface area contributed by atoms with Crippen LogP contribution in [0.2, 0.25) is 0 Å². The molecule has 0 heterocycles. The predicted octanol–water partition coefficient (Wildman–Crippen LogP) is 3.86. The molecule has 0 aromatic carbocycles. The van der Waals surface area contributed by atoms with Crippen molar-refractivity contribution in [2.75, 3.05) is 6.54 Å². The first-order valence-corrected chi connectivity index (χ1v) is 8.51. The van der Waals surface area contributed by atoms with Crippen LogP contribution in [0.5, 0.6) is 0 Å². The van der Waals surface area contributed by atoms with E-state index >= 15 is 0 Å². The molecule has 0 aromatic rings. The van der Waals surface area contributed by atoms with Gasteiger partial charge in [0.2, 0.25) is 0 Å². The van der Waals surface area contributed by atoms with E-state index in [1.165, 1.54) is 38.5 Å². The summed E-state index contributed by atoms with van der Waals surface area (Å²) in [6, 6.07) is 0. The molecule has 2 aliphatic carbocycles. The summed E-state index contributed by atoms with van der Waals surface area (Å²) in [5.41, 5.74) is 5.72. The average molecular weight is 267 g/mol. The SMILES string of the molecule is CCCC1CCC(CN)(C2(O)CCC(CC)C2)CC1. The Morgan fingerprint density at radius 3 is 2.16 bits per heavy atom. The van der Waals surface area contributed by atoms with Gasteiger partial charge in [0.05, 0.1) is 5.60 Å². The Hall–Kier alpha value is -0.0800. The lowest BCUT2D eigenvalue weighted by Crippen LogP contribution is -2.53. The van der Waals surface area contributed by atoms with Crippen LogP contribution < -0.4 is 5.73 Å². The highest BCUT2D eigenvalue weighted by Crippen LogP contribution is 2.54. The maximum Gasteiger partial charge on any atom is 0.0718 e. The minimum Gasteiger partial charge on any atom is -0.389 e. The third-order valence-corrected chi connectivity index (χ3v) is 6.31. The van der Waals surface area contributed by atoms with Crippen LogP contribution in [0.1, 0.15) is 78.1 Å². The van der Waals surface area contributed by atoms with Gasteiger partial charge in [-0.1, -0.05) is 33.1 Å². The molecule has 0 aromatic heterocycles. The number of aliphatic hydroxyl groups is 1. The first kappa shape index (κ1) is 15.3. The quantitative estimate of drug-likeness (QED) is 0.794. The Morgan fingerprint density at radius 2 is 1.68 bits per heavy atom. The minimum atomic E-state index is -0.459. The van der Waals surface area contributed by atoms with Crippen LogP contribution in [0, 0.1) is 17.3 Å². The topological polar surface area (TPSA) is 46.2 Å². The molecule has 0 bridgehead atoms. The second-order valence-electron chi connectivity index (χ2n) is 7.27. The van der Waals surface area contributed by atoms with Gasteiger partial charge in [-0.2, -0.15) is 0 Å². The summed E-state index contributed by atoms with van der Waals surface area (Å²) in [4.78, 5) is 0. The van der Waals surface area contributed by atoms with Crippen LogP contribution in [0.15, 0.2) is 0 Å². The maximum atomic E-state index is 11.2. The molecule has 2 nitrogen and oxygen atoms in total. The molecule has 2 unspecified atom stereocenters. The third-order valence-electron chi connectivity index (χ3n) is 6.31. The molecule has 112 valence electrons. The number of rotatable bonds is 5. The summed E-state index contributed by atoms with van der Waals surface area (Å²) >= 11 is 0. The van der Waals surface area contributed by atoms with Crippen molar-refractivity contribution in [3.8, 4) is 0 Å². The zero-order valence-electron chi connectivity index (χ0n) is 13.0. The summed E-state index contributed by atoms with van der Waals surface area (Å²) in [7, 11) is 0. The maximum absolute atomic E-state index is 11.2. The molecule has 0 radical (unpaired) electrons. The van der Waals surface area contributed by atoms with Gasteiger partial charge in [0.1, 0.15) is 0 Å². The van der Waals surface area contributed by atoms with Gasteiger partial charge in [0.15, 0.2) is 0 Å². The van der Waals surface area contributed by atoms with Gasteiger partial charge in [-0.3, -0.25) is 0 Å². The first-order chi connectivity index (χ1) is 9.09. The van der Waals surface area contributed by atoms with Gasteiger partial charge in [-0.25, -0.2) is 0 Å². The van der Waals surface area contributed by atoms with Gasteiger partial charge >= 0.3 is 0 Å². The fraction of sp³-hybridized carbons (Fsp3) is 1.00. The molecule has 2 aliphatic rings. The third kappa shape index (κ3) is 2.85. The fourth-order valence-electron chi connectivity index (χ4n) is 4.74. The largest absolute Gasteiger partial charge is 0.389 e. The monoisotopic (exact) mass is 267 g/mol. The zero-order chi connectivity index (χ0) is 13.9. The fourth-order valence-corrected chi connectivity index (χ4v) is 4.74. The average Bonchev–Trinajstić information content (AvgIpc) is 2.83. The van der Waals surface area contributed by atoms with E-state index in [0.29, 0.717) is 6.54 Å². The summed E-state index contributed by atoms with van der Waals surface area (Å²) in [5, 5.41) is 11.2. The summed E-state index contributed by atoms with van der Waals surface area (Å²) in [6.45, 7) is 5.21. The molecule has 19 heavy (non-hydrogen) atoms. The van der Waals surface area contributed by atoms with Crippen molar-refractivity contribution < 1.29 is 5.11 Å². The Labute approximate surface area is 119 Å². The van der Waals surface area contributed by atoms with Gasteiger partial charge in [-0.05, 0) is 56.8 Å². The smallest absolute Gasteiger partial charge is 0.0718 e. The molecule has 2 atom stereocenters. The molecular weight excluding hydrogens is 234 g/mol. The van der Waals surface area contributed by atoms with Gasteiger partial charge < -0.3 is 10.8 Å². The van der Waals surface area contributed by atoms with Crippen LogP contribution in [-0.2, 0) is 0 Å². The van der Waals surface area contributed by atoms with Crippen molar-refractivity contribution in [3.63, 3.8) is 0 Å². The molecular formula is C17H33NO. The highest BCUT2D eigenvalue weighted by atomic mass is 16.3. The first-order valence-electron chi connectivity index (χ1n) is 8.51. The molecule has 2 rings (SSSR count). The highest BCUT2D eigenvalue weighted by Gasteiger charge is 2.53. The summed E-state index contributed by atoms with van der Waals surface area (Å²) < 4.78 is 0. The Balaban J connectivity index is 2.03. The summed E-state index contributed by atoms with van der Waals surface area (Å²) in [5.74, 6) is 1.61. The standard InChI is InChI=1S/C17H33NO/c1-3-5-15-6-9-16(13-18,10-7-15)17(19)11-8-14(4-2)12-17/h14-15,19H,3-13,18H2,1-2H3. The molecule has 0 aliphatic heterocycles. The molecule has 2 heteroatoms. The predicted molar refractivity (Wildman–Crippen MR) is 80.9 cm³/mol. The molecule has 0 spiro atoms. The molecule has 0 saturated heterocycles. The number of nitrogens with two attached hydrogens (primary N) is 1. The van der Waals surface area contributed by atoms with E-state index in [0.717, 1.165) is 37.5 Å². The van der Waals surface area contributed by atoms with E-state index in [1.807, 2.05) is 0 Å². The van der Waals surface area contributed by atoms with Crippen molar-refractivity contribution in [1.29, 1.82) is 0 Å². The molecule has 3 N–H and O–H groups in total. The van der Waals surface area contributed by atoms with Crippen LogP contribution in [0.25, 0.3) is 0 Å². The second kappa shape index (κ2) is 6.13. The normalized spacial score (nSPS) is 43.6. The zero-order valence-corrected chi connectivity index (χ0v) is 13.0. The lowest BCUT2D eigenvalue weighted by Gasteiger charge is -2.49. The molecule has 2 fully saturated rings. The Morgan fingerprint density at radius 1 is 1.05 bits per heavy atom. The lowest BCUT2D eigenvalue weighted by atomic mass is 9.60. The van der Waals surface area contributed by atoms with Gasteiger partial charge in [0, 0.05) is 12.0 Å². The van der Waals surface area contributed by atoms with Crippen molar-refractivity contribution >= 4 is 0 Å². The Kier molecular flexibility index (Phi) is 4.94. The Bertz CT molecular complexity index is 283. The van der Waals surface area contributed by atoms with E-state index in [2.05, 4.69) is 13.8 Å². The number of hydrogen-bond donors (Lipinski definition) is 2. The van der Waals surface area contributed by atoms with E-state index in [4.69, 9.17) is 5.73 Å². The molecule has 2 saturated carbocycles. The summed E-state index contributed by atoms with van der Waals surface area (Å²) in [6.07, 6.45) is 11.9. The van der Waals surface area contributed by atoms with E-state index in [-0.39, 0.29) is 5.41 Å². The van der Waals surface area contributed by atoms with E-state index in [1.54, 1.807) is 0 Å². The van der Waals surface area contributed by atoms with Crippen LogP contribution >= 0.6 is 0 Å². The van der Waals surface area contributed by atoms with Gasteiger partial charge in [-0.15, -0.1) is 0 Å². The van der Waals surface area contributed by atoms with Crippen molar-refractivity contribution in [2.45, 2.75) is 83.7 Å². The molecule has 0 amide bonds.